The van der Waals surface area contributed by atoms with E-state index in [1.807, 2.05) is 47.6 Å². The Kier molecular flexibility index (Phi) is 12.5. The van der Waals surface area contributed by atoms with E-state index in [0.717, 1.165) is 41.5 Å². The third kappa shape index (κ3) is 10.3. The summed E-state index contributed by atoms with van der Waals surface area (Å²) in [6, 6.07) is 0. The summed E-state index contributed by atoms with van der Waals surface area (Å²) in [4.78, 5) is 33.5. The van der Waals surface area contributed by atoms with Gasteiger partial charge >= 0.3 is 18.0 Å². The van der Waals surface area contributed by atoms with E-state index in [0.29, 0.717) is 31.5 Å². The number of benzene rings is 1. The standard InChI is InChI=1S/C17H20O5.C10H22N2O2/c1-9(5-7-14(18)19)4-6-12-10(2)11(3)13-8-22-17(21)15(13)16(12)20;1-10(2,3)14-9(13)12-8-6-4-5-7-11/h4,20H,5-8H2,1-3H3,(H,18,19);4-8,11H2,1-3H3,(H,12,13)/b9-4+;. The van der Waals surface area contributed by atoms with Crippen molar-refractivity contribution in [2.75, 3.05) is 13.1 Å². The maximum atomic E-state index is 11.8. The van der Waals surface area contributed by atoms with Crippen molar-refractivity contribution in [3.8, 4) is 5.75 Å². The van der Waals surface area contributed by atoms with Gasteiger partial charge in [-0.05, 0) is 84.9 Å². The largest absolute Gasteiger partial charge is 0.507 e. The first-order valence-corrected chi connectivity index (χ1v) is 12.3. The lowest BCUT2D eigenvalue weighted by Crippen LogP contribution is -2.33. The number of ether oxygens (including phenoxy) is 2. The van der Waals surface area contributed by atoms with Crippen molar-refractivity contribution in [1.82, 2.24) is 5.32 Å². The molecule has 0 radical (unpaired) electrons. The second-order valence-corrected chi connectivity index (χ2v) is 9.93. The van der Waals surface area contributed by atoms with E-state index in [9.17, 15) is 19.5 Å². The van der Waals surface area contributed by atoms with E-state index in [4.69, 9.17) is 20.3 Å². The van der Waals surface area contributed by atoms with Crippen LogP contribution in [0.2, 0.25) is 0 Å². The molecule has 0 saturated heterocycles. The van der Waals surface area contributed by atoms with Crippen LogP contribution in [0, 0.1) is 13.8 Å². The highest BCUT2D eigenvalue weighted by molar-refractivity contribution is 5.97. The van der Waals surface area contributed by atoms with E-state index in [2.05, 4.69) is 5.32 Å². The van der Waals surface area contributed by atoms with Gasteiger partial charge in [0.1, 0.15) is 23.5 Å². The minimum absolute atomic E-state index is 0.0112. The molecule has 0 spiro atoms. The monoisotopic (exact) mass is 506 g/mol. The Bertz CT molecular complexity index is 962. The number of carbonyl (C=O) groups excluding carboxylic acids is 2. The molecular weight excluding hydrogens is 464 g/mol. The Balaban J connectivity index is 0.000000402. The van der Waals surface area contributed by atoms with Crippen LogP contribution in [0.25, 0.3) is 0 Å². The first-order chi connectivity index (χ1) is 16.8. The first kappa shape index (κ1) is 31.0. The molecule has 0 aliphatic carbocycles. The first-order valence-electron chi connectivity index (χ1n) is 12.3. The molecule has 36 heavy (non-hydrogen) atoms. The normalized spacial score (nSPS) is 12.9. The molecule has 0 atom stereocenters. The highest BCUT2D eigenvalue weighted by Gasteiger charge is 2.30. The molecule has 0 fully saturated rings. The third-order valence-electron chi connectivity index (χ3n) is 5.78. The highest BCUT2D eigenvalue weighted by atomic mass is 16.6. The summed E-state index contributed by atoms with van der Waals surface area (Å²) < 4.78 is 10.1. The molecule has 0 bridgehead atoms. The van der Waals surface area contributed by atoms with Crippen LogP contribution in [0.5, 0.6) is 5.75 Å². The van der Waals surface area contributed by atoms with Crippen molar-refractivity contribution in [1.29, 1.82) is 0 Å². The quantitative estimate of drug-likeness (QED) is 0.203. The van der Waals surface area contributed by atoms with Crippen LogP contribution >= 0.6 is 0 Å². The van der Waals surface area contributed by atoms with Crippen LogP contribution in [0.3, 0.4) is 0 Å². The number of aliphatic carboxylic acids is 1. The lowest BCUT2D eigenvalue weighted by molar-refractivity contribution is -0.136. The predicted molar refractivity (Wildman–Crippen MR) is 138 cm³/mol. The number of hydrogen-bond donors (Lipinski definition) is 4. The van der Waals surface area contributed by atoms with Crippen molar-refractivity contribution in [2.24, 2.45) is 5.73 Å². The van der Waals surface area contributed by atoms with Gasteiger partial charge in [-0.1, -0.05) is 18.1 Å². The Morgan fingerprint density at radius 2 is 1.81 bits per heavy atom. The Morgan fingerprint density at radius 3 is 2.39 bits per heavy atom. The highest BCUT2D eigenvalue weighted by Crippen LogP contribution is 2.37. The fourth-order valence-electron chi connectivity index (χ4n) is 3.60. The lowest BCUT2D eigenvalue weighted by Gasteiger charge is -2.19. The zero-order valence-electron chi connectivity index (χ0n) is 22.5. The van der Waals surface area contributed by atoms with Gasteiger partial charge < -0.3 is 30.7 Å². The summed E-state index contributed by atoms with van der Waals surface area (Å²) in [6.07, 6.45) is 5.59. The molecule has 0 aromatic heterocycles. The van der Waals surface area contributed by atoms with Gasteiger partial charge in [0.2, 0.25) is 0 Å². The van der Waals surface area contributed by atoms with E-state index < -0.39 is 17.5 Å². The molecular formula is C27H42N2O7. The molecule has 202 valence electrons. The lowest BCUT2D eigenvalue weighted by atomic mass is 9.91. The van der Waals surface area contributed by atoms with Crippen LogP contribution in [-0.4, -0.2) is 46.9 Å². The van der Waals surface area contributed by atoms with E-state index in [1.54, 1.807) is 0 Å². The molecule has 1 aromatic rings. The number of hydrogen-bond acceptors (Lipinski definition) is 7. The molecule has 1 aliphatic heterocycles. The van der Waals surface area contributed by atoms with Crippen molar-refractivity contribution < 1.29 is 34.1 Å². The van der Waals surface area contributed by atoms with Crippen LogP contribution in [-0.2, 0) is 27.3 Å². The fraction of sp³-hybridized carbons (Fsp3) is 0.593. The minimum atomic E-state index is -0.831. The molecule has 0 saturated carbocycles. The Hall–Kier alpha value is -3.07. The number of allylic oxidation sites excluding steroid dienone is 2. The van der Waals surface area contributed by atoms with Crippen molar-refractivity contribution in [3.63, 3.8) is 0 Å². The number of rotatable bonds is 10. The molecule has 5 N–H and O–H groups in total. The number of carboxylic acid groups (broad SMARTS) is 1. The summed E-state index contributed by atoms with van der Waals surface area (Å²) in [7, 11) is 0. The molecule has 9 nitrogen and oxygen atoms in total. The number of fused-ring (bicyclic) bond motifs is 1. The van der Waals surface area contributed by atoms with Crippen molar-refractivity contribution in [3.05, 3.63) is 39.5 Å². The number of alkyl carbamates (subject to hydrolysis) is 1. The van der Waals surface area contributed by atoms with E-state index >= 15 is 0 Å². The summed E-state index contributed by atoms with van der Waals surface area (Å²) in [5, 5.41) is 21.8. The van der Waals surface area contributed by atoms with Gasteiger partial charge in [0.25, 0.3) is 0 Å². The number of aromatic hydroxyl groups is 1. The van der Waals surface area contributed by atoms with Crippen LogP contribution in [0.15, 0.2) is 11.6 Å². The molecule has 9 heteroatoms. The van der Waals surface area contributed by atoms with Crippen LogP contribution in [0.1, 0.15) is 92.4 Å². The van der Waals surface area contributed by atoms with Crippen molar-refractivity contribution >= 4 is 18.0 Å². The second-order valence-electron chi connectivity index (χ2n) is 9.93. The van der Waals surface area contributed by atoms with E-state index in [1.165, 1.54) is 0 Å². The average Bonchev–Trinajstić information content (AvgIpc) is 3.17. The molecule has 1 amide bonds. The summed E-state index contributed by atoms with van der Waals surface area (Å²) in [5.41, 5.74) is 9.51. The van der Waals surface area contributed by atoms with Gasteiger partial charge in [-0.3, -0.25) is 4.79 Å². The van der Waals surface area contributed by atoms with Gasteiger partial charge in [0.05, 0.1) is 0 Å². The van der Waals surface area contributed by atoms with Gasteiger partial charge in [-0.25, -0.2) is 9.59 Å². The van der Waals surface area contributed by atoms with Crippen LogP contribution < -0.4 is 11.1 Å². The number of phenols is 1. The second kappa shape index (κ2) is 14.5. The predicted octanol–water partition coefficient (Wildman–Crippen LogP) is 4.67. The van der Waals surface area contributed by atoms with Gasteiger partial charge in [-0.15, -0.1) is 0 Å². The number of carboxylic acids is 1. The number of nitrogens with two attached hydrogens (primary N) is 1. The number of cyclic esters (lactones) is 1. The van der Waals surface area contributed by atoms with Gasteiger partial charge in [0, 0.05) is 24.1 Å². The summed E-state index contributed by atoms with van der Waals surface area (Å²) in [5.74, 6) is -1.32. The zero-order valence-corrected chi connectivity index (χ0v) is 22.5. The number of amides is 1. The summed E-state index contributed by atoms with van der Waals surface area (Å²) in [6.45, 7) is 12.8. The number of carbonyl (C=O) groups is 3. The number of phenolic OH excluding ortho intramolecular Hbond substituents is 1. The maximum Gasteiger partial charge on any atom is 0.407 e. The van der Waals surface area contributed by atoms with Crippen LogP contribution in [0.4, 0.5) is 4.79 Å². The fourth-order valence-corrected chi connectivity index (χ4v) is 3.60. The Morgan fingerprint density at radius 1 is 1.14 bits per heavy atom. The molecule has 1 aliphatic rings. The molecule has 2 rings (SSSR count). The Labute approximate surface area is 214 Å². The maximum absolute atomic E-state index is 11.8. The SMILES string of the molecule is C/C(=C\Cc1c(C)c(C)c2c(c1O)C(=O)OC2)CCC(=O)O.CC(C)(C)OC(=O)NCCCCCN. The topological polar surface area (TPSA) is 148 Å². The zero-order chi connectivity index (χ0) is 27.5. The minimum Gasteiger partial charge on any atom is -0.507 e. The number of nitrogens with one attached hydrogen (secondary N) is 1. The van der Waals surface area contributed by atoms with Crippen molar-refractivity contribution in [2.45, 2.75) is 92.3 Å². The molecule has 0 unspecified atom stereocenters. The van der Waals surface area contributed by atoms with Gasteiger partial charge in [0.15, 0.2) is 0 Å². The average molecular weight is 507 g/mol. The summed E-state index contributed by atoms with van der Waals surface area (Å²) >= 11 is 0. The number of unbranched alkanes of at least 4 members (excludes halogenated alkanes) is 2. The smallest absolute Gasteiger partial charge is 0.407 e. The molecule has 1 aromatic carbocycles. The molecule has 1 heterocycles. The third-order valence-corrected chi connectivity index (χ3v) is 5.78. The van der Waals surface area contributed by atoms with E-state index in [-0.39, 0.29) is 30.4 Å². The van der Waals surface area contributed by atoms with Gasteiger partial charge in [-0.2, -0.15) is 0 Å². The number of esters is 1.